The number of hydrogen-bond acceptors (Lipinski definition) is 5. The Bertz CT molecular complexity index is 188. The molecule has 0 aromatic carbocycles. The van der Waals surface area contributed by atoms with Gasteiger partial charge in [0.05, 0.1) is 0 Å². The summed E-state index contributed by atoms with van der Waals surface area (Å²) in [6, 6.07) is 0. The Balaban J connectivity index is 4.42. The summed E-state index contributed by atoms with van der Waals surface area (Å²) in [6.45, 7) is 4.17. The van der Waals surface area contributed by atoms with Crippen LogP contribution in [0.5, 0.6) is 0 Å². The summed E-state index contributed by atoms with van der Waals surface area (Å²) in [6.07, 6.45) is 0. The summed E-state index contributed by atoms with van der Waals surface area (Å²) in [5.41, 5.74) is 0. The van der Waals surface area contributed by atoms with Gasteiger partial charge >= 0.3 is 0 Å². The van der Waals surface area contributed by atoms with Crippen LogP contribution in [0.2, 0.25) is 0 Å². The van der Waals surface area contributed by atoms with E-state index in [0.717, 1.165) is 20.1 Å². The molecule has 0 bridgehead atoms. The van der Waals surface area contributed by atoms with Gasteiger partial charge in [-0.2, -0.15) is 0 Å². The third-order valence-corrected chi connectivity index (χ3v) is 3.75. The Kier molecular flexibility index (Phi) is 8.23. The van der Waals surface area contributed by atoms with E-state index in [1.54, 1.807) is 23.5 Å². The molecule has 0 fully saturated rings. The minimum absolute atomic E-state index is 0.823. The largest absolute Gasteiger partial charge is 0.241 e. The molecule has 14 heavy (non-hydrogen) atoms. The number of thioether (sulfide) groups is 2. The van der Waals surface area contributed by atoms with E-state index >= 15 is 0 Å². The van der Waals surface area contributed by atoms with Crippen LogP contribution in [0.15, 0.2) is 0 Å². The van der Waals surface area contributed by atoms with Crippen LogP contribution in [-0.2, 0) is 0 Å². The van der Waals surface area contributed by atoms with Gasteiger partial charge in [-0.3, -0.25) is 0 Å². The van der Waals surface area contributed by atoms with Gasteiger partial charge < -0.3 is 0 Å². The van der Waals surface area contributed by atoms with Crippen LogP contribution < -0.4 is 0 Å². The first-order chi connectivity index (χ1) is 6.54. The second kappa shape index (κ2) is 7.87. The Morgan fingerprint density at radius 2 is 1.36 bits per heavy atom. The van der Waals surface area contributed by atoms with Gasteiger partial charge in [0.1, 0.15) is 0 Å². The molecule has 0 N–H and O–H groups in total. The standard InChI is InChI=1S/C8H16N2S4/c1-5-13-7(11)10(9(3)4)8(12)14-6-2/h5-6H2,1-4H3. The van der Waals surface area contributed by atoms with Crippen molar-refractivity contribution in [1.29, 1.82) is 0 Å². The zero-order valence-electron chi connectivity index (χ0n) is 8.94. The summed E-state index contributed by atoms with van der Waals surface area (Å²) in [5, 5.41) is 3.82. The van der Waals surface area contributed by atoms with Crippen LogP contribution in [0.4, 0.5) is 0 Å². The van der Waals surface area contributed by atoms with Crippen molar-refractivity contribution in [2.24, 2.45) is 0 Å². The van der Waals surface area contributed by atoms with Crippen molar-refractivity contribution in [2.45, 2.75) is 13.8 Å². The van der Waals surface area contributed by atoms with Crippen molar-refractivity contribution in [3.8, 4) is 0 Å². The maximum Gasteiger partial charge on any atom is 0.156 e. The molecule has 0 saturated carbocycles. The van der Waals surface area contributed by atoms with E-state index in [1.807, 2.05) is 24.1 Å². The van der Waals surface area contributed by atoms with Crippen molar-refractivity contribution < 1.29 is 0 Å². The Morgan fingerprint density at radius 1 is 1.00 bits per heavy atom. The molecule has 2 nitrogen and oxygen atoms in total. The van der Waals surface area contributed by atoms with Gasteiger partial charge in [0, 0.05) is 14.1 Å². The minimum Gasteiger partial charge on any atom is -0.241 e. The number of hydrazine groups is 1. The summed E-state index contributed by atoms with van der Waals surface area (Å²) in [4.78, 5) is 0. The number of thiocarbonyl (C=S) groups is 2. The fraction of sp³-hybridized carbons (Fsp3) is 0.750. The lowest BCUT2D eigenvalue weighted by Gasteiger charge is -2.30. The molecule has 0 radical (unpaired) electrons. The van der Waals surface area contributed by atoms with E-state index < -0.39 is 0 Å². The van der Waals surface area contributed by atoms with Crippen LogP contribution in [0, 0.1) is 0 Å². The van der Waals surface area contributed by atoms with E-state index in [1.165, 1.54) is 0 Å². The van der Waals surface area contributed by atoms with Gasteiger partial charge in [-0.05, 0) is 11.5 Å². The van der Waals surface area contributed by atoms with Crippen LogP contribution in [0.1, 0.15) is 13.8 Å². The maximum atomic E-state index is 5.29. The lowest BCUT2D eigenvalue weighted by Crippen LogP contribution is -2.42. The number of nitrogens with zero attached hydrogens (tertiary/aromatic N) is 2. The van der Waals surface area contributed by atoms with E-state index in [0.29, 0.717) is 0 Å². The highest BCUT2D eigenvalue weighted by molar-refractivity contribution is 8.25. The Hall–Kier alpha value is 0.640. The van der Waals surface area contributed by atoms with Crippen molar-refractivity contribution in [3.05, 3.63) is 0 Å². The lowest BCUT2D eigenvalue weighted by atomic mass is 11.0. The monoisotopic (exact) mass is 268 g/mol. The normalized spacial score (nSPS) is 10.4. The molecule has 0 aliphatic rings. The van der Waals surface area contributed by atoms with Crippen LogP contribution in [-0.4, -0.2) is 44.3 Å². The SMILES string of the molecule is CCSC(=S)N(C(=S)SCC)N(C)C. The highest BCUT2D eigenvalue weighted by atomic mass is 32.2. The minimum atomic E-state index is 0.823. The smallest absolute Gasteiger partial charge is 0.156 e. The lowest BCUT2D eigenvalue weighted by molar-refractivity contribution is 0.213. The zero-order chi connectivity index (χ0) is 11.1. The van der Waals surface area contributed by atoms with Gasteiger partial charge in [0.15, 0.2) is 8.64 Å². The molecule has 0 aliphatic heterocycles. The molecule has 0 saturated heterocycles. The third kappa shape index (κ3) is 4.93. The topological polar surface area (TPSA) is 6.48 Å². The second-order valence-corrected chi connectivity index (χ2v) is 6.35. The highest BCUT2D eigenvalue weighted by Gasteiger charge is 2.16. The first kappa shape index (κ1) is 14.6. The highest BCUT2D eigenvalue weighted by Crippen LogP contribution is 2.16. The summed E-state index contributed by atoms with van der Waals surface area (Å²) in [5.74, 6) is 1.95. The molecular weight excluding hydrogens is 252 g/mol. The van der Waals surface area contributed by atoms with Crippen molar-refractivity contribution in [1.82, 2.24) is 10.0 Å². The van der Waals surface area contributed by atoms with Crippen LogP contribution >= 0.6 is 48.0 Å². The Labute approximate surface area is 106 Å². The zero-order valence-corrected chi connectivity index (χ0v) is 12.2. The third-order valence-electron chi connectivity index (χ3n) is 1.28. The molecule has 0 amide bonds. The predicted octanol–water partition coefficient (Wildman–Crippen LogP) is 2.84. The van der Waals surface area contributed by atoms with Crippen molar-refractivity contribution in [3.63, 3.8) is 0 Å². The van der Waals surface area contributed by atoms with Gasteiger partial charge in [-0.15, -0.1) is 0 Å². The molecule has 82 valence electrons. The fourth-order valence-electron chi connectivity index (χ4n) is 0.770. The Morgan fingerprint density at radius 3 is 1.57 bits per heavy atom. The van der Waals surface area contributed by atoms with E-state index in [-0.39, 0.29) is 0 Å². The van der Waals surface area contributed by atoms with Crippen molar-refractivity contribution >= 4 is 56.6 Å². The number of hydrogen-bond donors (Lipinski definition) is 0. The maximum absolute atomic E-state index is 5.29. The summed E-state index contributed by atoms with van der Waals surface area (Å²) in [7, 11) is 3.90. The summed E-state index contributed by atoms with van der Waals surface area (Å²) >= 11 is 13.8. The fourth-order valence-corrected chi connectivity index (χ4v) is 3.47. The van der Waals surface area contributed by atoms with Crippen LogP contribution in [0.3, 0.4) is 0 Å². The second-order valence-electron chi connectivity index (χ2n) is 2.56. The molecule has 0 aromatic heterocycles. The van der Waals surface area contributed by atoms with E-state index in [4.69, 9.17) is 24.4 Å². The molecule has 0 atom stereocenters. The summed E-state index contributed by atoms with van der Waals surface area (Å²) < 4.78 is 1.65. The first-order valence-corrected chi connectivity index (χ1v) is 7.14. The predicted molar refractivity (Wildman–Crippen MR) is 77.0 cm³/mol. The first-order valence-electron chi connectivity index (χ1n) is 4.35. The quantitative estimate of drug-likeness (QED) is 0.569. The van der Waals surface area contributed by atoms with Crippen molar-refractivity contribution in [2.75, 3.05) is 25.6 Å². The van der Waals surface area contributed by atoms with E-state index in [9.17, 15) is 0 Å². The van der Waals surface area contributed by atoms with Gasteiger partial charge in [0.25, 0.3) is 0 Å². The van der Waals surface area contributed by atoms with Gasteiger partial charge in [-0.1, -0.05) is 61.8 Å². The molecule has 0 heterocycles. The molecule has 0 aromatic rings. The molecular formula is C8H16N2S4. The average Bonchev–Trinajstić information content (AvgIpc) is 2.04. The molecule has 0 spiro atoms. The van der Waals surface area contributed by atoms with Gasteiger partial charge in [0.2, 0.25) is 0 Å². The number of rotatable bonds is 3. The molecule has 6 heteroatoms. The average molecular weight is 268 g/mol. The van der Waals surface area contributed by atoms with E-state index in [2.05, 4.69) is 13.8 Å². The van der Waals surface area contributed by atoms with Gasteiger partial charge in [-0.25, -0.2) is 10.0 Å². The molecule has 0 rings (SSSR count). The molecule has 0 aliphatic carbocycles. The molecule has 0 unspecified atom stereocenters. The van der Waals surface area contributed by atoms with Crippen LogP contribution in [0.25, 0.3) is 0 Å².